The van der Waals surface area contributed by atoms with Gasteiger partial charge in [0, 0.05) is 43.6 Å². The van der Waals surface area contributed by atoms with E-state index >= 15 is 0 Å². The smallest absolute Gasteiger partial charge is 0.410 e. The molecular weight excluding hydrogens is 382 g/mol. The molecule has 1 amide bonds. The average Bonchev–Trinajstić information content (AvgIpc) is 3.32. The minimum absolute atomic E-state index is 0.241. The van der Waals surface area contributed by atoms with Crippen molar-refractivity contribution in [1.29, 1.82) is 0 Å². The van der Waals surface area contributed by atoms with Crippen molar-refractivity contribution < 1.29 is 19.0 Å². The van der Waals surface area contributed by atoms with Gasteiger partial charge >= 0.3 is 6.09 Å². The number of carbonyl (C=O) groups excluding carboxylic acids is 1. The molecule has 0 bridgehead atoms. The predicted molar refractivity (Wildman–Crippen MR) is 116 cm³/mol. The minimum atomic E-state index is -0.503. The van der Waals surface area contributed by atoms with Gasteiger partial charge in [0.1, 0.15) is 17.5 Å². The molecule has 0 spiro atoms. The first-order valence-corrected chi connectivity index (χ1v) is 11.1. The summed E-state index contributed by atoms with van der Waals surface area (Å²) in [4.78, 5) is 16.8. The number of nitrogens with one attached hydrogen (secondary N) is 1. The number of anilines is 1. The number of nitrogens with zero attached hydrogens (tertiary/aromatic N) is 2. The van der Waals surface area contributed by atoms with E-state index in [9.17, 15) is 4.79 Å². The Balaban J connectivity index is 1.53. The number of benzene rings is 1. The normalized spacial score (nSPS) is 22.8. The fourth-order valence-corrected chi connectivity index (χ4v) is 4.30. The molecule has 0 saturated carbocycles. The summed E-state index contributed by atoms with van der Waals surface area (Å²) in [5.41, 5.74) is 2.84. The van der Waals surface area contributed by atoms with Crippen molar-refractivity contribution in [2.75, 3.05) is 38.7 Å². The molecule has 166 valence electrons. The van der Waals surface area contributed by atoms with Crippen LogP contribution in [0.15, 0.2) is 12.1 Å². The van der Waals surface area contributed by atoms with Gasteiger partial charge in [-0.15, -0.1) is 0 Å². The number of piperidine rings is 1. The monoisotopic (exact) mass is 417 g/mol. The van der Waals surface area contributed by atoms with Crippen LogP contribution in [0.3, 0.4) is 0 Å². The Labute approximate surface area is 179 Å². The van der Waals surface area contributed by atoms with Crippen LogP contribution in [0.4, 0.5) is 10.5 Å². The highest BCUT2D eigenvalue weighted by atomic mass is 16.6. The molecule has 3 aliphatic heterocycles. The van der Waals surface area contributed by atoms with Crippen LogP contribution in [-0.4, -0.2) is 67.0 Å². The molecule has 2 fully saturated rings. The minimum Gasteiger partial charge on any atom is -0.490 e. The van der Waals surface area contributed by atoms with Gasteiger partial charge in [-0.2, -0.15) is 0 Å². The molecule has 7 heteroatoms. The first-order valence-electron chi connectivity index (χ1n) is 11.1. The van der Waals surface area contributed by atoms with Gasteiger partial charge in [0.15, 0.2) is 0 Å². The third-order valence-electron chi connectivity index (χ3n) is 5.94. The molecule has 4 rings (SSSR count). The zero-order valence-corrected chi connectivity index (χ0v) is 18.7. The Kier molecular flexibility index (Phi) is 6.11. The van der Waals surface area contributed by atoms with Crippen molar-refractivity contribution in [3.8, 4) is 5.75 Å². The first-order chi connectivity index (χ1) is 14.3. The van der Waals surface area contributed by atoms with Crippen LogP contribution < -0.4 is 10.1 Å². The van der Waals surface area contributed by atoms with Crippen molar-refractivity contribution in [3.63, 3.8) is 0 Å². The van der Waals surface area contributed by atoms with Crippen LogP contribution in [0, 0.1) is 0 Å². The summed E-state index contributed by atoms with van der Waals surface area (Å²) in [5.74, 6) is 0.885. The van der Waals surface area contributed by atoms with Gasteiger partial charge in [0.2, 0.25) is 0 Å². The average molecular weight is 418 g/mol. The summed E-state index contributed by atoms with van der Waals surface area (Å²) in [7, 11) is 2.16. The lowest BCUT2D eigenvalue weighted by Gasteiger charge is -2.29. The lowest BCUT2D eigenvalue weighted by molar-refractivity contribution is 0.0242. The molecular formula is C23H35N3O4. The zero-order chi connectivity index (χ0) is 21.3. The van der Waals surface area contributed by atoms with E-state index in [1.54, 1.807) is 4.90 Å². The Morgan fingerprint density at radius 3 is 2.60 bits per heavy atom. The molecule has 0 aliphatic carbocycles. The standard InChI is InChI=1S/C23H35N3O4/c1-23(2,3)30-22(27)26-13-16-11-19(29-18-5-8-25(4)9-6-18)12-21(20(16)14-26)24-17-7-10-28-15-17/h11-12,17-18,24H,5-10,13-15H2,1-4H3/t17-/m0/s1. The van der Waals surface area contributed by atoms with E-state index in [0.29, 0.717) is 25.7 Å². The van der Waals surface area contributed by atoms with Gasteiger partial charge in [-0.05, 0) is 58.7 Å². The quantitative estimate of drug-likeness (QED) is 0.808. The van der Waals surface area contributed by atoms with Gasteiger partial charge in [0.25, 0.3) is 0 Å². The van der Waals surface area contributed by atoms with Crippen LogP contribution >= 0.6 is 0 Å². The number of fused-ring (bicyclic) bond motifs is 1. The second-order valence-corrected chi connectivity index (χ2v) is 9.77. The van der Waals surface area contributed by atoms with Crippen molar-refractivity contribution in [1.82, 2.24) is 9.80 Å². The van der Waals surface area contributed by atoms with Crippen LogP contribution in [0.25, 0.3) is 0 Å². The number of ether oxygens (including phenoxy) is 3. The SMILES string of the molecule is CN1CCC(Oc2cc3c(c(N[C@H]4CCOC4)c2)CN(C(=O)OC(C)(C)C)C3)CC1. The van der Waals surface area contributed by atoms with Crippen molar-refractivity contribution in [3.05, 3.63) is 23.3 Å². The molecule has 3 aliphatic rings. The van der Waals surface area contributed by atoms with Gasteiger partial charge in [-0.3, -0.25) is 4.90 Å². The fraction of sp³-hybridized carbons (Fsp3) is 0.696. The number of carbonyl (C=O) groups is 1. The maximum atomic E-state index is 12.6. The summed E-state index contributed by atoms with van der Waals surface area (Å²) in [6.45, 7) is 10.4. The molecule has 3 heterocycles. The van der Waals surface area contributed by atoms with E-state index in [1.165, 1.54) is 0 Å². The maximum Gasteiger partial charge on any atom is 0.410 e. The highest BCUT2D eigenvalue weighted by Crippen LogP contribution is 2.36. The second-order valence-electron chi connectivity index (χ2n) is 9.77. The maximum absolute atomic E-state index is 12.6. The summed E-state index contributed by atoms with van der Waals surface area (Å²) < 4.78 is 17.5. The van der Waals surface area contributed by atoms with Crippen LogP contribution in [0.5, 0.6) is 5.75 Å². The number of hydrogen-bond acceptors (Lipinski definition) is 6. The molecule has 7 nitrogen and oxygen atoms in total. The largest absolute Gasteiger partial charge is 0.490 e. The van der Waals surface area contributed by atoms with Crippen LogP contribution in [-0.2, 0) is 22.6 Å². The Morgan fingerprint density at radius 2 is 1.93 bits per heavy atom. The van der Waals surface area contributed by atoms with Gasteiger partial charge in [-0.1, -0.05) is 0 Å². The molecule has 1 atom stereocenters. The number of rotatable bonds is 4. The Bertz CT molecular complexity index is 762. The first kappa shape index (κ1) is 21.2. The van der Waals surface area contributed by atoms with Crippen molar-refractivity contribution in [2.24, 2.45) is 0 Å². The molecule has 1 aromatic rings. The summed E-state index contributed by atoms with van der Waals surface area (Å²) in [5, 5.41) is 3.64. The third-order valence-corrected chi connectivity index (χ3v) is 5.94. The number of amides is 1. The number of hydrogen-bond donors (Lipinski definition) is 1. The lowest BCUT2D eigenvalue weighted by atomic mass is 10.1. The highest BCUT2D eigenvalue weighted by molar-refractivity contribution is 5.71. The van der Waals surface area contributed by atoms with E-state index in [0.717, 1.165) is 61.5 Å². The molecule has 30 heavy (non-hydrogen) atoms. The topological polar surface area (TPSA) is 63.3 Å². The van der Waals surface area contributed by atoms with Crippen LogP contribution in [0.2, 0.25) is 0 Å². The molecule has 1 N–H and O–H groups in total. The van der Waals surface area contributed by atoms with E-state index in [2.05, 4.69) is 29.4 Å². The number of likely N-dealkylation sites (tertiary alicyclic amines) is 1. The third kappa shape index (κ3) is 5.19. The molecule has 0 radical (unpaired) electrons. The molecule has 1 aromatic carbocycles. The lowest BCUT2D eigenvalue weighted by Crippen LogP contribution is -2.35. The summed E-state index contributed by atoms with van der Waals surface area (Å²) in [6.07, 6.45) is 3.04. The Hall–Kier alpha value is -1.99. The molecule has 0 unspecified atom stereocenters. The van der Waals surface area contributed by atoms with Gasteiger partial charge < -0.3 is 24.4 Å². The zero-order valence-electron chi connectivity index (χ0n) is 18.7. The van der Waals surface area contributed by atoms with E-state index in [4.69, 9.17) is 14.2 Å². The Morgan fingerprint density at radius 1 is 1.17 bits per heavy atom. The highest BCUT2D eigenvalue weighted by Gasteiger charge is 2.31. The van der Waals surface area contributed by atoms with E-state index < -0.39 is 5.60 Å². The second kappa shape index (κ2) is 8.63. The van der Waals surface area contributed by atoms with Gasteiger partial charge in [-0.25, -0.2) is 4.79 Å². The van der Waals surface area contributed by atoms with E-state index in [-0.39, 0.29) is 12.2 Å². The predicted octanol–water partition coefficient (Wildman–Crippen LogP) is 3.61. The molecule has 0 aromatic heterocycles. The van der Waals surface area contributed by atoms with Gasteiger partial charge in [0.05, 0.1) is 19.2 Å². The molecule has 2 saturated heterocycles. The van der Waals surface area contributed by atoms with Crippen molar-refractivity contribution >= 4 is 11.8 Å². The summed E-state index contributed by atoms with van der Waals surface area (Å²) in [6, 6.07) is 4.51. The summed E-state index contributed by atoms with van der Waals surface area (Å²) >= 11 is 0. The van der Waals surface area contributed by atoms with Crippen molar-refractivity contribution in [2.45, 2.75) is 70.9 Å². The van der Waals surface area contributed by atoms with E-state index in [1.807, 2.05) is 20.8 Å². The fourth-order valence-electron chi connectivity index (χ4n) is 4.30. The van der Waals surface area contributed by atoms with Crippen LogP contribution in [0.1, 0.15) is 51.2 Å².